The molecule has 0 atom stereocenters. The molecule has 0 saturated carbocycles. The summed E-state index contributed by atoms with van der Waals surface area (Å²) in [5.74, 6) is 0.668. The summed E-state index contributed by atoms with van der Waals surface area (Å²) in [6.45, 7) is 1.98. The lowest BCUT2D eigenvalue weighted by molar-refractivity contribution is 1.11. The van der Waals surface area contributed by atoms with Gasteiger partial charge in [-0.15, -0.1) is 0 Å². The second-order valence-corrected chi connectivity index (χ2v) is 5.73. The van der Waals surface area contributed by atoms with Gasteiger partial charge < -0.3 is 0 Å². The van der Waals surface area contributed by atoms with E-state index in [0.29, 0.717) is 10.8 Å². The third-order valence-electron chi connectivity index (χ3n) is 3.69. The molecule has 0 aliphatic rings. The van der Waals surface area contributed by atoms with E-state index < -0.39 is 0 Å². The predicted octanol–water partition coefficient (Wildman–Crippen LogP) is 4.42. The number of aryl methyl sites for hydroxylation is 1. The zero-order valence-corrected chi connectivity index (χ0v) is 13.2. The number of imidazole rings is 1. The van der Waals surface area contributed by atoms with Crippen molar-refractivity contribution in [2.24, 2.45) is 0 Å². The summed E-state index contributed by atoms with van der Waals surface area (Å²) in [4.78, 5) is 13.4. The van der Waals surface area contributed by atoms with Crippen molar-refractivity contribution < 1.29 is 0 Å². The topological polar surface area (TPSA) is 43.1 Å². The maximum absolute atomic E-state index is 6.01. The normalized spacial score (nSPS) is 11.0. The molecule has 3 aromatic heterocycles. The van der Waals surface area contributed by atoms with E-state index in [0.717, 1.165) is 28.2 Å². The summed E-state index contributed by atoms with van der Waals surface area (Å²) in [7, 11) is 0. The number of hydrogen-bond acceptors (Lipinski definition) is 3. The maximum Gasteiger partial charge on any atom is 0.234 e. The van der Waals surface area contributed by atoms with Crippen LogP contribution >= 0.6 is 11.6 Å². The smallest absolute Gasteiger partial charge is 0.234 e. The van der Waals surface area contributed by atoms with Gasteiger partial charge in [0, 0.05) is 40.4 Å². The lowest BCUT2D eigenvalue weighted by Crippen LogP contribution is -1.92. The number of rotatable bonds is 2. The summed E-state index contributed by atoms with van der Waals surface area (Å²) >= 11 is 6.01. The van der Waals surface area contributed by atoms with E-state index >= 15 is 0 Å². The van der Waals surface area contributed by atoms with Gasteiger partial charge >= 0.3 is 0 Å². The van der Waals surface area contributed by atoms with Crippen LogP contribution in [0.5, 0.6) is 0 Å². The lowest BCUT2D eigenvalue weighted by Gasteiger charge is -2.06. The van der Waals surface area contributed by atoms with Gasteiger partial charge in [0.05, 0.1) is 11.4 Å². The van der Waals surface area contributed by atoms with Crippen LogP contribution in [-0.4, -0.2) is 19.4 Å². The summed E-state index contributed by atoms with van der Waals surface area (Å²) in [5.41, 5.74) is 4.91. The van der Waals surface area contributed by atoms with Crippen LogP contribution in [0.1, 0.15) is 5.69 Å². The first-order chi connectivity index (χ1) is 11.2. The van der Waals surface area contributed by atoms with Gasteiger partial charge in [0.15, 0.2) is 0 Å². The van der Waals surface area contributed by atoms with E-state index in [1.165, 1.54) is 0 Å². The third kappa shape index (κ3) is 2.47. The summed E-state index contributed by atoms with van der Waals surface area (Å²) in [5, 5.41) is 0.706. The van der Waals surface area contributed by atoms with Crippen molar-refractivity contribution in [1.82, 2.24) is 19.4 Å². The molecule has 0 bridgehead atoms. The Morgan fingerprint density at radius 2 is 1.78 bits per heavy atom. The standard InChI is InChI=1S/C18H13ClN4/c1-12-11-14(7-9-20-12)17-16(13-3-5-15(19)6-4-13)22-18-21-8-2-10-23(17)18/h2-11H,1H3. The minimum atomic E-state index is 0.668. The number of fused-ring (bicyclic) bond motifs is 1. The van der Waals surface area contributed by atoms with Crippen LogP contribution in [0.3, 0.4) is 0 Å². The Labute approximate surface area is 138 Å². The number of halogens is 1. The Kier molecular flexibility index (Phi) is 3.32. The molecule has 4 aromatic rings. The van der Waals surface area contributed by atoms with Crippen molar-refractivity contribution in [3.63, 3.8) is 0 Å². The molecule has 23 heavy (non-hydrogen) atoms. The number of aromatic nitrogens is 4. The Morgan fingerprint density at radius 3 is 2.57 bits per heavy atom. The molecule has 0 unspecified atom stereocenters. The average Bonchev–Trinajstić information content (AvgIpc) is 2.95. The highest BCUT2D eigenvalue weighted by atomic mass is 35.5. The van der Waals surface area contributed by atoms with Gasteiger partial charge in [0.1, 0.15) is 0 Å². The highest BCUT2D eigenvalue weighted by molar-refractivity contribution is 6.30. The Hall–Kier alpha value is -2.72. The van der Waals surface area contributed by atoms with Gasteiger partial charge in [-0.1, -0.05) is 23.7 Å². The Morgan fingerprint density at radius 1 is 0.957 bits per heavy atom. The molecule has 1 aromatic carbocycles. The monoisotopic (exact) mass is 320 g/mol. The first kappa shape index (κ1) is 13.9. The molecule has 0 saturated heterocycles. The van der Waals surface area contributed by atoms with Gasteiger partial charge in [-0.2, -0.15) is 0 Å². The molecule has 0 N–H and O–H groups in total. The highest BCUT2D eigenvalue weighted by Gasteiger charge is 2.16. The van der Waals surface area contributed by atoms with Crippen LogP contribution in [0, 0.1) is 6.92 Å². The van der Waals surface area contributed by atoms with Crippen LogP contribution in [0.4, 0.5) is 0 Å². The second kappa shape index (κ2) is 5.48. The minimum Gasteiger partial charge on any atom is -0.283 e. The molecule has 0 fully saturated rings. The van der Waals surface area contributed by atoms with Gasteiger partial charge in [-0.05, 0) is 37.3 Å². The van der Waals surface area contributed by atoms with E-state index in [2.05, 4.69) is 16.0 Å². The molecule has 3 heterocycles. The van der Waals surface area contributed by atoms with E-state index in [-0.39, 0.29) is 0 Å². The van der Waals surface area contributed by atoms with Gasteiger partial charge in [-0.3, -0.25) is 9.38 Å². The Bertz CT molecular complexity index is 990. The minimum absolute atomic E-state index is 0.668. The van der Waals surface area contributed by atoms with Crippen molar-refractivity contribution in [3.05, 3.63) is 71.8 Å². The third-order valence-corrected chi connectivity index (χ3v) is 3.94. The molecular weight excluding hydrogens is 308 g/mol. The van der Waals surface area contributed by atoms with Crippen molar-refractivity contribution >= 4 is 17.4 Å². The van der Waals surface area contributed by atoms with E-state index in [1.807, 2.05) is 60.1 Å². The summed E-state index contributed by atoms with van der Waals surface area (Å²) in [6, 6.07) is 13.6. The number of nitrogens with zero attached hydrogens (tertiary/aromatic N) is 4. The van der Waals surface area contributed by atoms with Crippen molar-refractivity contribution in [2.45, 2.75) is 6.92 Å². The van der Waals surface area contributed by atoms with Crippen molar-refractivity contribution in [2.75, 3.05) is 0 Å². The Balaban J connectivity index is 2.04. The van der Waals surface area contributed by atoms with Gasteiger partial charge in [0.25, 0.3) is 0 Å². The fourth-order valence-electron chi connectivity index (χ4n) is 2.67. The predicted molar refractivity (Wildman–Crippen MR) is 91.4 cm³/mol. The molecule has 0 aliphatic carbocycles. The maximum atomic E-state index is 6.01. The van der Waals surface area contributed by atoms with E-state index in [9.17, 15) is 0 Å². The fraction of sp³-hybridized carbons (Fsp3) is 0.0556. The van der Waals surface area contributed by atoms with Crippen LogP contribution in [-0.2, 0) is 0 Å². The quantitative estimate of drug-likeness (QED) is 0.549. The summed E-state index contributed by atoms with van der Waals surface area (Å²) < 4.78 is 2.00. The molecule has 4 rings (SSSR count). The second-order valence-electron chi connectivity index (χ2n) is 5.29. The van der Waals surface area contributed by atoms with E-state index in [1.54, 1.807) is 6.20 Å². The number of benzene rings is 1. The molecule has 4 nitrogen and oxygen atoms in total. The summed E-state index contributed by atoms with van der Waals surface area (Å²) in [6.07, 6.45) is 5.53. The van der Waals surface area contributed by atoms with Gasteiger partial charge in [-0.25, -0.2) is 9.97 Å². The van der Waals surface area contributed by atoms with Crippen LogP contribution < -0.4 is 0 Å². The zero-order valence-electron chi connectivity index (χ0n) is 12.4. The van der Waals surface area contributed by atoms with E-state index in [4.69, 9.17) is 16.6 Å². The average molecular weight is 321 g/mol. The van der Waals surface area contributed by atoms with Gasteiger partial charge in [0.2, 0.25) is 5.78 Å². The first-order valence-corrected chi connectivity index (χ1v) is 7.62. The molecule has 112 valence electrons. The van der Waals surface area contributed by atoms with Crippen molar-refractivity contribution in [1.29, 1.82) is 0 Å². The number of pyridine rings is 1. The van der Waals surface area contributed by atoms with Crippen LogP contribution in [0.2, 0.25) is 5.02 Å². The largest absolute Gasteiger partial charge is 0.283 e. The number of hydrogen-bond donors (Lipinski definition) is 0. The molecule has 0 aliphatic heterocycles. The molecule has 0 amide bonds. The van der Waals surface area contributed by atoms with Crippen LogP contribution in [0.15, 0.2) is 61.1 Å². The lowest BCUT2D eigenvalue weighted by atomic mass is 10.1. The SMILES string of the molecule is Cc1cc(-c2c(-c3ccc(Cl)cc3)nc3ncccn23)ccn1. The molecular formula is C18H13ClN4. The molecule has 5 heteroatoms. The highest BCUT2D eigenvalue weighted by Crippen LogP contribution is 2.32. The zero-order chi connectivity index (χ0) is 15.8. The van der Waals surface area contributed by atoms with Crippen LogP contribution in [0.25, 0.3) is 28.3 Å². The fourth-order valence-corrected chi connectivity index (χ4v) is 2.79. The molecule has 0 radical (unpaired) electrons. The first-order valence-electron chi connectivity index (χ1n) is 7.24. The molecule has 0 spiro atoms. The van der Waals surface area contributed by atoms with Crippen molar-refractivity contribution in [3.8, 4) is 22.5 Å².